The van der Waals surface area contributed by atoms with Crippen LogP contribution in [0.1, 0.15) is 52.4 Å². The first-order valence-corrected chi connectivity index (χ1v) is 8.67. The van der Waals surface area contributed by atoms with Crippen LogP contribution in [0.4, 0.5) is 0 Å². The molecule has 1 aliphatic heterocycles. The lowest BCUT2D eigenvalue weighted by molar-refractivity contribution is -0.124. The quantitative estimate of drug-likeness (QED) is 0.831. The minimum absolute atomic E-state index is 0.128. The molecule has 2 aliphatic carbocycles. The number of carbonyl (C=O) groups is 1. The van der Waals surface area contributed by atoms with Crippen LogP contribution in [0, 0.1) is 17.8 Å². The zero-order chi connectivity index (χ0) is 15.0. The zero-order valence-electron chi connectivity index (χ0n) is 13.5. The van der Waals surface area contributed by atoms with Gasteiger partial charge in [-0.3, -0.25) is 9.69 Å². The largest absolute Gasteiger partial charge is 0.389 e. The van der Waals surface area contributed by atoms with Crippen molar-refractivity contribution in [2.45, 2.75) is 64.0 Å². The number of carbonyl (C=O) groups excluding carboxylic acids is 1. The van der Waals surface area contributed by atoms with E-state index in [0.29, 0.717) is 25.0 Å². The topological polar surface area (TPSA) is 52.6 Å². The van der Waals surface area contributed by atoms with Gasteiger partial charge in [0.15, 0.2) is 0 Å². The number of β-amino-alcohol motifs (C(OH)–C–C–N with tert-alkyl or cyclic N) is 1. The molecular weight excluding hydrogens is 264 g/mol. The van der Waals surface area contributed by atoms with Gasteiger partial charge in [-0.25, -0.2) is 0 Å². The van der Waals surface area contributed by atoms with Crippen LogP contribution in [0.5, 0.6) is 0 Å². The summed E-state index contributed by atoms with van der Waals surface area (Å²) >= 11 is 0. The molecule has 4 nitrogen and oxygen atoms in total. The Morgan fingerprint density at radius 3 is 2.86 bits per heavy atom. The molecule has 120 valence electrons. The van der Waals surface area contributed by atoms with Gasteiger partial charge in [0.25, 0.3) is 0 Å². The van der Waals surface area contributed by atoms with Crippen molar-refractivity contribution >= 4 is 5.91 Å². The van der Waals surface area contributed by atoms with Crippen molar-refractivity contribution < 1.29 is 9.90 Å². The second-order valence-corrected chi connectivity index (χ2v) is 8.01. The van der Waals surface area contributed by atoms with Crippen LogP contribution in [0.15, 0.2) is 0 Å². The Morgan fingerprint density at radius 2 is 2.24 bits per heavy atom. The number of aliphatic hydroxyl groups is 1. The van der Waals surface area contributed by atoms with Gasteiger partial charge in [-0.05, 0) is 70.3 Å². The highest BCUT2D eigenvalue weighted by atomic mass is 16.3. The predicted octanol–water partition coefficient (Wildman–Crippen LogP) is 1.77. The Kier molecular flexibility index (Phi) is 4.28. The van der Waals surface area contributed by atoms with Crippen molar-refractivity contribution in [1.82, 2.24) is 10.2 Å². The molecule has 2 saturated carbocycles. The fourth-order valence-electron chi connectivity index (χ4n) is 4.97. The smallest absolute Gasteiger partial charge is 0.234 e. The maximum atomic E-state index is 12.3. The van der Waals surface area contributed by atoms with E-state index in [-0.39, 0.29) is 5.91 Å². The number of nitrogens with one attached hydrogen (secondary N) is 1. The molecule has 3 fully saturated rings. The molecule has 4 heteroatoms. The number of amides is 1. The molecular formula is C17H30N2O2. The summed E-state index contributed by atoms with van der Waals surface area (Å²) in [4.78, 5) is 14.4. The molecule has 5 atom stereocenters. The third kappa shape index (κ3) is 3.59. The van der Waals surface area contributed by atoms with Crippen molar-refractivity contribution in [1.29, 1.82) is 0 Å². The van der Waals surface area contributed by atoms with Gasteiger partial charge in [-0.1, -0.05) is 6.42 Å². The third-order valence-corrected chi connectivity index (χ3v) is 5.94. The number of hydrogen-bond acceptors (Lipinski definition) is 3. The van der Waals surface area contributed by atoms with Crippen molar-refractivity contribution in [2.24, 2.45) is 17.8 Å². The van der Waals surface area contributed by atoms with Gasteiger partial charge < -0.3 is 10.4 Å². The monoisotopic (exact) mass is 294 g/mol. The normalized spacial score (nSPS) is 41.2. The SMILES string of the molecule is CC(NC(=O)CN1CCCC(C)(O)C1)C1CC2CCC1C2. The lowest BCUT2D eigenvalue weighted by Crippen LogP contribution is -2.51. The lowest BCUT2D eigenvalue weighted by Gasteiger charge is -2.37. The molecule has 0 aromatic heterocycles. The maximum absolute atomic E-state index is 12.3. The molecule has 5 unspecified atom stereocenters. The van der Waals surface area contributed by atoms with Gasteiger partial charge in [0.2, 0.25) is 5.91 Å². The van der Waals surface area contributed by atoms with Gasteiger partial charge in [-0.15, -0.1) is 0 Å². The maximum Gasteiger partial charge on any atom is 0.234 e. The van der Waals surface area contributed by atoms with E-state index in [1.807, 2.05) is 6.92 Å². The molecule has 0 spiro atoms. The van der Waals surface area contributed by atoms with Crippen molar-refractivity contribution in [2.75, 3.05) is 19.6 Å². The number of fused-ring (bicyclic) bond motifs is 2. The van der Waals surface area contributed by atoms with Crippen LogP contribution in [0.25, 0.3) is 0 Å². The molecule has 2 bridgehead atoms. The molecule has 0 aromatic carbocycles. The van der Waals surface area contributed by atoms with Gasteiger partial charge in [0.1, 0.15) is 0 Å². The number of piperidine rings is 1. The third-order valence-electron chi connectivity index (χ3n) is 5.94. The van der Waals surface area contributed by atoms with Crippen LogP contribution in [-0.4, -0.2) is 47.2 Å². The molecule has 3 rings (SSSR count). The first kappa shape index (κ1) is 15.3. The molecule has 0 aromatic rings. The fraction of sp³-hybridized carbons (Fsp3) is 0.941. The number of nitrogens with zero attached hydrogens (tertiary/aromatic N) is 1. The second-order valence-electron chi connectivity index (χ2n) is 8.01. The summed E-state index contributed by atoms with van der Waals surface area (Å²) in [6, 6.07) is 0.304. The molecule has 1 saturated heterocycles. The van der Waals surface area contributed by atoms with Gasteiger partial charge in [-0.2, -0.15) is 0 Å². The van der Waals surface area contributed by atoms with Crippen molar-refractivity contribution in [3.63, 3.8) is 0 Å². The van der Waals surface area contributed by atoms with Crippen molar-refractivity contribution in [3.05, 3.63) is 0 Å². The van der Waals surface area contributed by atoms with Crippen LogP contribution in [0.3, 0.4) is 0 Å². The minimum atomic E-state index is -0.630. The first-order valence-electron chi connectivity index (χ1n) is 8.67. The first-order chi connectivity index (χ1) is 9.93. The molecule has 3 aliphatic rings. The summed E-state index contributed by atoms with van der Waals surface area (Å²) in [7, 11) is 0. The highest BCUT2D eigenvalue weighted by Gasteiger charge is 2.42. The summed E-state index contributed by atoms with van der Waals surface area (Å²) in [5, 5.41) is 13.3. The van der Waals surface area contributed by atoms with Crippen LogP contribution in [0.2, 0.25) is 0 Å². The van der Waals surface area contributed by atoms with E-state index in [2.05, 4.69) is 17.1 Å². The van der Waals surface area contributed by atoms with Gasteiger partial charge in [0, 0.05) is 12.6 Å². The second kappa shape index (κ2) is 5.88. The molecule has 1 heterocycles. The van der Waals surface area contributed by atoms with E-state index in [0.717, 1.165) is 31.2 Å². The summed E-state index contributed by atoms with van der Waals surface area (Å²) in [5.74, 6) is 2.60. The van der Waals surface area contributed by atoms with Gasteiger partial charge >= 0.3 is 0 Å². The van der Waals surface area contributed by atoms with Crippen molar-refractivity contribution in [3.8, 4) is 0 Å². The zero-order valence-corrected chi connectivity index (χ0v) is 13.5. The molecule has 21 heavy (non-hydrogen) atoms. The number of rotatable bonds is 4. The predicted molar refractivity (Wildman–Crippen MR) is 82.8 cm³/mol. The van der Waals surface area contributed by atoms with Crippen LogP contribution >= 0.6 is 0 Å². The molecule has 0 radical (unpaired) electrons. The highest BCUT2D eigenvalue weighted by Crippen LogP contribution is 2.49. The lowest BCUT2D eigenvalue weighted by atomic mass is 9.84. The summed E-state index contributed by atoms with van der Waals surface area (Å²) in [6.45, 7) is 6.01. The van der Waals surface area contributed by atoms with Crippen LogP contribution in [-0.2, 0) is 4.79 Å². The molecule has 1 amide bonds. The van der Waals surface area contributed by atoms with E-state index >= 15 is 0 Å². The van der Waals surface area contributed by atoms with Crippen LogP contribution < -0.4 is 5.32 Å². The average Bonchev–Trinajstić information content (AvgIpc) is 2.99. The van der Waals surface area contributed by atoms with E-state index in [4.69, 9.17) is 0 Å². The summed E-state index contributed by atoms with van der Waals surface area (Å²) in [6.07, 6.45) is 7.29. The minimum Gasteiger partial charge on any atom is -0.389 e. The fourth-order valence-corrected chi connectivity index (χ4v) is 4.97. The highest BCUT2D eigenvalue weighted by molar-refractivity contribution is 5.78. The Balaban J connectivity index is 1.45. The number of hydrogen-bond donors (Lipinski definition) is 2. The van der Waals surface area contributed by atoms with E-state index in [1.54, 1.807) is 0 Å². The van der Waals surface area contributed by atoms with E-state index in [1.165, 1.54) is 25.7 Å². The van der Waals surface area contributed by atoms with E-state index in [9.17, 15) is 9.90 Å². The van der Waals surface area contributed by atoms with Gasteiger partial charge in [0.05, 0.1) is 12.1 Å². The van der Waals surface area contributed by atoms with E-state index < -0.39 is 5.60 Å². The Labute approximate surface area is 128 Å². The summed E-state index contributed by atoms with van der Waals surface area (Å²) < 4.78 is 0. The Morgan fingerprint density at radius 1 is 1.43 bits per heavy atom. The standard InChI is InChI=1S/C17H30N2O2/c1-12(15-9-13-4-5-14(15)8-13)18-16(20)10-19-7-3-6-17(2,21)11-19/h12-15,21H,3-11H2,1-2H3,(H,18,20). The number of likely N-dealkylation sites (tertiary alicyclic amines) is 1. The molecule has 2 N–H and O–H groups in total. The summed E-state index contributed by atoms with van der Waals surface area (Å²) in [5.41, 5.74) is -0.630. The average molecular weight is 294 g/mol. The Bertz CT molecular complexity index is 396. The Hall–Kier alpha value is -0.610.